The maximum atomic E-state index is 12.5. The number of hydrogen-bond donors (Lipinski definition) is 2. The standard InChI is InChI=1S/C13H10Br2N2O2S2/c14-8-5-6-10(15)12(7-8)21(18,19)17-11-4-2-1-3-9(11)13(16)20/h1-7,17H,(H2,16,20). The van der Waals surface area contributed by atoms with E-state index in [9.17, 15) is 8.42 Å². The highest BCUT2D eigenvalue weighted by molar-refractivity contribution is 9.11. The molecule has 0 atom stereocenters. The molecule has 0 heterocycles. The van der Waals surface area contributed by atoms with Crippen molar-refractivity contribution in [3.05, 3.63) is 57.0 Å². The van der Waals surface area contributed by atoms with Crippen LogP contribution in [0.4, 0.5) is 5.69 Å². The quantitative estimate of drug-likeness (QED) is 0.698. The number of sulfonamides is 1. The molecule has 0 saturated carbocycles. The van der Waals surface area contributed by atoms with Gasteiger partial charge in [-0.3, -0.25) is 4.72 Å². The molecule has 0 spiro atoms. The summed E-state index contributed by atoms with van der Waals surface area (Å²) in [5, 5.41) is 0. The smallest absolute Gasteiger partial charge is 0.263 e. The molecule has 3 N–H and O–H groups in total. The SMILES string of the molecule is NC(=S)c1ccccc1NS(=O)(=O)c1cc(Br)ccc1Br. The Hall–Kier alpha value is -0.960. The lowest BCUT2D eigenvalue weighted by molar-refractivity contribution is 0.600. The van der Waals surface area contributed by atoms with Gasteiger partial charge in [-0.1, -0.05) is 40.3 Å². The summed E-state index contributed by atoms with van der Waals surface area (Å²) in [7, 11) is -3.76. The molecule has 0 aromatic heterocycles. The minimum Gasteiger partial charge on any atom is -0.389 e. The van der Waals surface area contributed by atoms with Gasteiger partial charge < -0.3 is 5.73 Å². The molecule has 21 heavy (non-hydrogen) atoms. The molecule has 110 valence electrons. The fourth-order valence-electron chi connectivity index (χ4n) is 1.67. The van der Waals surface area contributed by atoms with Crippen molar-refractivity contribution in [2.24, 2.45) is 5.73 Å². The summed E-state index contributed by atoms with van der Waals surface area (Å²) in [5.74, 6) is 0. The van der Waals surface area contributed by atoms with E-state index < -0.39 is 10.0 Å². The van der Waals surface area contributed by atoms with Gasteiger partial charge in [0.05, 0.1) is 5.69 Å². The summed E-state index contributed by atoms with van der Waals surface area (Å²) in [4.78, 5) is 0.247. The van der Waals surface area contributed by atoms with E-state index in [0.717, 1.165) is 0 Å². The number of para-hydroxylation sites is 1. The van der Waals surface area contributed by atoms with Crippen LogP contribution in [0.5, 0.6) is 0 Å². The lowest BCUT2D eigenvalue weighted by Crippen LogP contribution is -2.18. The number of hydrogen-bond acceptors (Lipinski definition) is 3. The van der Waals surface area contributed by atoms with Crippen molar-refractivity contribution in [2.45, 2.75) is 4.90 Å². The normalized spacial score (nSPS) is 11.1. The largest absolute Gasteiger partial charge is 0.389 e. The second-order valence-electron chi connectivity index (χ2n) is 4.09. The lowest BCUT2D eigenvalue weighted by atomic mass is 10.2. The van der Waals surface area contributed by atoms with Gasteiger partial charge in [-0.2, -0.15) is 0 Å². The van der Waals surface area contributed by atoms with Crippen LogP contribution in [0, 0.1) is 0 Å². The zero-order valence-corrected chi connectivity index (χ0v) is 15.3. The van der Waals surface area contributed by atoms with Crippen molar-refractivity contribution in [3.8, 4) is 0 Å². The molecule has 2 rings (SSSR count). The predicted octanol–water partition coefficient (Wildman–Crippen LogP) is 3.65. The van der Waals surface area contributed by atoms with E-state index in [2.05, 4.69) is 36.6 Å². The predicted molar refractivity (Wildman–Crippen MR) is 95.0 cm³/mol. The minimum absolute atomic E-state index is 0.120. The Bertz CT molecular complexity index is 808. The summed E-state index contributed by atoms with van der Waals surface area (Å²) in [5.41, 5.74) is 6.42. The second-order valence-corrected chi connectivity index (χ2v) is 7.95. The number of rotatable bonds is 4. The fourth-order valence-corrected chi connectivity index (χ4v) is 4.43. The van der Waals surface area contributed by atoms with E-state index in [4.69, 9.17) is 18.0 Å². The van der Waals surface area contributed by atoms with Crippen molar-refractivity contribution in [1.29, 1.82) is 0 Å². The van der Waals surface area contributed by atoms with Crippen LogP contribution in [0.3, 0.4) is 0 Å². The summed E-state index contributed by atoms with van der Waals surface area (Å²) < 4.78 is 28.6. The Morgan fingerprint density at radius 2 is 1.81 bits per heavy atom. The zero-order valence-electron chi connectivity index (χ0n) is 10.5. The number of nitrogens with two attached hydrogens (primary N) is 1. The van der Waals surface area contributed by atoms with E-state index in [-0.39, 0.29) is 9.88 Å². The first kappa shape index (κ1) is 16.4. The third-order valence-corrected chi connectivity index (χ3v) is 5.69. The molecule has 2 aromatic carbocycles. The number of nitrogens with one attached hydrogen (secondary N) is 1. The molecule has 4 nitrogen and oxygen atoms in total. The highest BCUT2D eigenvalue weighted by Gasteiger charge is 2.19. The highest BCUT2D eigenvalue weighted by Crippen LogP contribution is 2.28. The van der Waals surface area contributed by atoms with Crippen molar-refractivity contribution >= 4 is 64.8 Å². The molecule has 0 bridgehead atoms. The van der Waals surface area contributed by atoms with Crippen molar-refractivity contribution in [2.75, 3.05) is 4.72 Å². The maximum absolute atomic E-state index is 12.5. The molecule has 0 radical (unpaired) electrons. The van der Waals surface area contributed by atoms with Crippen molar-refractivity contribution < 1.29 is 8.42 Å². The van der Waals surface area contributed by atoms with Crippen LogP contribution in [0.2, 0.25) is 0 Å². The third kappa shape index (κ3) is 3.82. The Kier molecular flexibility index (Phi) is 5.03. The number of thiocarbonyl (C=S) groups is 1. The van der Waals surface area contributed by atoms with E-state index in [1.54, 1.807) is 36.4 Å². The molecule has 0 saturated heterocycles. The van der Waals surface area contributed by atoms with E-state index in [0.29, 0.717) is 20.2 Å². The van der Waals surface area contributed by atoms with Gasteiger partial charge in [-0.15, -0.1) is 0 Å². The van der Waals surface area contributed by atoms with Crippen LogP contribution in [0.1, 0.15) is 5.56 Å². The van der Waals surface area contributed by atoms with Gasteiger partial charge in [0.15, 0.2) is 0 Å². The molecule has 8 heteroatoms. The zero-order chi connectivity index (χ0) is 15.6. The van der Waals surface area contributed by atoms with Gasteiger partial charge in [0.2, 0.25) is 0 Å². The van der Waals surface area contributed by atoms with Crippen LogP contribution in [-0.2, 0) is 10.0 Å². The Morgan fingerprint density at radius 3 is 2.48 bits per heavy atom. The number of anilines is 1. The van der Waals surface area contributed by atoms with Crippen LogP contribution in [0.25, 0.3) is 0 Å². The molecule has 2 aromatic rings. The van der Waals surface area contributed by atoms with Crippen molar-refractivity contribution in [3.63, 3.8) is 0 Å². The Labute approximate surface area is 145 Å². The maximum Gasteiger partial charge on any atom is 0.263 e. The molecule has 0 aliphatic carbocycles. The summed E-state index contributed by atoms with van der Waals surface area (Å²) in [6.45, 7) is 0. The number of halogens is 2. The van der Waals surface area contributed by atoms with Crippen LogP contribution in [-0.4, -0.2) is 13.4 Å². The van der Waals surface area contributed by atoms with Gasteiger partial charge in [0, 0.05) is 14.5 Å². The minimum atomic E-state index is -3.76. The Morgan fingerprint density at radius 1 is 1.14 bits per heavy atom. The fraction of sp³-hybridized carbons (Fsp3) is 0. The first-order valence-electron chi connectivity index (χ1n) is 5.68. The molecule has 0 aliphatic heterocycles. The first-order chi connectivity index (χ1) is 9.81. The highest BCUT2D eigenvalue weighted by atomic mass is 79.9. The average Bonchev–Trinajstić information content (AvgIpc) is 2.41. The first-order valence-corrected chi connectivity index (χ1v) is 9.16. The van der Waals surface area contributed by atoms with Gasteiger partial charge in [0.25, 0.3) is 10.0 Å². The molecule has 0 unspecified atom stereocenters. The van der Waals surface area contributed by atoms with Gasteiger partial charge in [-0.25, -0.2) is 8.42 Å². The molecule has 0 aliphatic rings. The van der Waals surface area contributed by atoms with Crippen molar-refractivity contribution in [1.82, 2.24) is 0 Å². The van der Waals surface area contributed by atoms with Crippen LogP contribution < -0.4 is 10.5 Å². The number of benzene rings is 2. The summed E-state index contributed by atoms with van der Waals surface area (Å²) in [6, 6.07) is 11.6. The molecular weight excluding hydrogens is 440 g/mol. The van der Waals surface area contributed by atoms with Crippen LogP contribution in [0.15, 0.2) is 56.3 Å². The van der Waals surface area contributed by atoms with E-state index >= 15 is 0 Å². The van der Waals surface area contributed by atoms with Gasteiger partial charge in [-0.05, 0) is 46.3 Å². The monoisotopic (exact) mass is 448 g/mol. The third-order valence-electron chi connectivity index (χ3n) is 2.62. The van der Waals surface area contributed by atoms with E-state index in [1.807, 2.05) is 0 Å². The summed E-state index contributed by atoms with van der Waals surface area (Å²) in [6.07, 6.45) is 0. The average molecular weight is 450 g/mol. The molecule has 0 fully saturated rings. The second kappa shape index (κ2) is 6.43. The topological polar surface area (TPSA) is 72.2 Å². The Balaban J connectivity index is 2.48. The van der Waals surface area contributed by atoms with E-state index in [1.165, 1.54) is 6.07 Å². The van der Waals surface area contributed by atoms with Crippen LogP contribution >= 0.6 is 44.1 Å². The lowest BCUT2D eigenvalue weighted by Gasteiger charge is -2.13. The van der Waals surface area contributed by atoms with Gasteiger partial charge >= 0.3 is 0 Å². The van der Waals surface area contributed by atoms with Gasteiger partial charge in [0.1, 0.15) is 9.88 Å². The molecule has 0 amide bonds. The molecular formula is C13H10Br2N2O2S2. The summed E-state index contributed by atoms with van der Waals surface area (Å²) >= 11 is 11.4.